The van der Waals surface area contributed by atoms with E-state index in [0.29, 0.717) is 11.4 Å². The summed E-state index contributed by atoms with van der Waals surface area (Å²) in [5.41, 5.74) is -0.0816. The van der Waals surface area contributed by atoms with Crippen molar-refractivity contribution in [3.05, 3.63) is 59.4 Å². The van der Waals surface area contributed by atoms with Crippen LogP contribution in [0.1, 0.15) is 42.6 Å². The number of hydrogen-bond donors (Lipinski definition) is 1. The van der Waals surface area contributed by atoms with Gasteiger partial charge in [-0.1, -0.05) is 25.5 Å². The first-order valence-corrected chi connectivity index (χ1v) is 13.1. The van der Waals surface area contributed by atoms with Crippen molar-refractivity contribution in [1.82, 2.24) is 15.1 Å². The minimum atomic E-state index is -1.17. The lowest BCUT2D eigenvalue weighted by molar-refractivity contribution is -0.139. The third-order valence-electron chi connectivity index (χ3n) is 7.50. The molecule has 0 bridgehead atoms. The number of anilines is 1. The molecule has 10 nitrogen and oxygen atoms in total. The Labute approximate surface area is 232 Å². The van der Waals surface area contributed by atoms with Crippen molar-refractivity contribution >= 4 is 29.4 Å². The van der Waals surface area contributed by atoms with E-state index in [1.165, 1.54) is 24.1 Å². The van der Waals surface area contributed by atoms with Gasteiger partial charge in [-0.25, -0.2) is 9.18 Å². The van der Waals surface area contributed by atoms with Gasteiger partial charge in [0.2, 0.25) is 5.91 Å². The van der Waals surface area contributed by atoms with Gasteiger partial charge in [0.25, 0.3) is 11.8 Å². The van der Waals surface area contributed by atoms with Crippen molar-refractivity contribution in [2.24, 2.45) is 5.92 Å². The molecule has 2 aromatic carbocycles. The number of nitrogens with zero attached hydrogens (tertiary/aromatic N) is 4. The second-order valence-electron chi connectivity index (χ2n) is 10.5. The summed E-state index contributed by atoms with van der Waals surface area (Å²) >= 11 is 0. The molecule has 5 amide bonds. The van der Waals surface area contributed by atoms with Crippen LogP contribution in [0.15, 0.2) is 42.5 Å². The molecule has 2 saturated heterocycles. The molecule has 40 heavy (non-hydrogen) atoms. The smallest absolute Gasteiger partial charge is 0.331 e. The number of benzene rings is 2. The van der Waals surface area contributed by atoms with Gasteiger partial charge in [-0.15, -0.1) is 0 Å². The number of nitriles is 1. The highest BCUT2D eigenvalue weighted by Gasteiger charge is 2.58. The molecule has 2 aromatic rings. The first kappa shape index (κ1) is 28.5. The molecule has 0 aromatic heterocycles. The van der Waals surface area contributed by atoms with Crippen molar-refractivity contribution in [1.29, 1.82) is 5.26 Å². The number of carbonyl (C=O) groups excluding carboxylic acids is 4. The zero-order chi connectivity index (χ0) is 29.2. The maximum absolute atomic E-state index is 14.3. The maximum Gasteiger partial charge on any atom is 0.331 e. The minimum Gasteiger partial charge on any atom is -0.479 e. The van der Waals surface area contributed by atoms with Crippen molar-refractivity contribution in [3.63, 3.8) is 0 Å². The van der Waals surface area contributed by atoms with Gasteiger partial charge in [0, 0.05) is 25.8 Å². The highest BCUT2D eigenvalue weighted by atomic mass is 19.1. The number of amides is 5. The number of aryl methyl sites for hydroxylation is 1. The van der Waals surface area contributed by atoms with Gasteiger partial charge in [-0.3, -0.25) is 24.2 Å². The van der Waals surface area contributed by atoms with Crippen molar-refractivity contribution in [2.75, 3.05) is 31.6 Å². The van der Waals surface area contributed by atoms with Gasteiger partial charge >= 0.3 is 6.03 Å². The van der Waals surface area contributed by atoms with E-state index in [0.717, 1.165) is 10.5 Å². The summed E-state index contributed by atoms with van der Waals surface area (Å²) in [5.74, 6) is -1.85. The molecular weight excluding hydrogens is 517 g/mol. The van der Waals surface area contributed by atoms with Crippen molar-refractivity contribution in [3.8, 4) is 11.8 Å². The number of rotatable bonds is 7. The van der Waals surface area contributed by atoms with Gasteiger partial charge in [-0.05, 0) is 62.1 Å². The second kappa shape index (κ2) is 11.3. The molecule has 0 radical (unpaired) electrons. The Morgan fingerprint density at radius 1 is 1.12 bits per heavy atom. The number of carbonyl (C=O) groups is 4. The molecule has 1 spiro atoms. The SMILES string of the molecule is Cc1ccc(F)c(C(=O)N[C@@H](C(=O)N2CCC3(CC2)C(=O)N(C)C(=O)N3c2ccc(OCC#N)cc2)C(C)C)c1. The number of urea groups is 1. The Kier molecular flexibility index (Phi) is 8.09. The highest BCUT2D eigenvalue weighted by molar-refractivity contribution is 6.16. The summed E-state index contributed by atoms with van der Waals surface area (Å²) in [5, 5.41) is 11.4. The predicted octanol–water partition coefficient (Wildman–Crippen LogP) is 3.25. The van der Waals surface area contributed by atoms with Crippen molar-refractivity contribution < 1.29 is 28.3 Å². The average molecular weight is 550 g/mol. The molecule has 1 N–H and O–H groups in total. The fourth-order valence-corrected chi connectivity index (χ4v) is 5.27. The average Bonchev–Trinajstić information content (AvgIpc) is 3.12. The molecule has 2 aliphatic heterocycles. The molecule has 4 rings (SSSR count). The van der Waals surface area contributed by atoms with Crippen LogP contribution in [0, 0.1) is 30.0 Å². The number of likely N-dealkylation sites (N-methyl/N-ethyl adjacent to an activating group) is 1. The van der Waals surface area contributed by atoms with E-state index in [2.05, 4.69) is 5.32 Å². The normalized spacial score (nSPS) is 17.3. The molecule has 0 unspecified atom stereocenters. The standard InChI is InChI=1S/C29H32FN5O5/c1-18(2)24(32-25(36)22-17-19(3)5-10-23(22)30)26(37)34-14-11-29(12-15-34)27(38)33(4)28(39)35(29)20-6-8-21(9-7-20)40-16-13-31/h5-10,17-18,24H,11-12,14-16H2,1-4H3,(H,32,36)/t24-/m1/s1. The molecule has 2 aliphatic rings. The van der Waals surface area contributed by atoms with Crippen LogP contribution in [-0.4, -0.2) is 71.9 Å². The topological polar surface area (TPSA) is 123 Å². The number of imide groups is 1. The lowest BCUT2D eigenvalue weighted by Crippen LogP contribution is -2.60. The van der Waals surface area contributed by atoms with Crippen LogP contribution in [0.3, 0.4) is 0 Å². The number of nitrogens with one attached hydrogen (secondary N) is 1. The summed E-state index contributed by atoms with van der Waals surface area (Å²) in [6.45, 7) is 5.58. The molecule has 2 fully saturated rings. The third kappa shape index (κ3) is 5.21. The molecule has 11 heteroatoms. The number of likely N-dealkylation sites (tertiary alicyclic amines) is 1. The van der Waals surface area contributed by atoms with Crippen LogP contribution in [0.25, 0.3) is 0 Å². The molecule has 0 aliphatic carbocycles. The molecule has 2 heterocycles. The van der Waals surface area contributed by atoms with E-state index in [4.69, 9.17) is 10.00 Å². The van der Waals surface area contributed by atoms with E-state index in [9.17, 15) is 23.6 Å². The minimum absolute atomic E-state index is 0.116. The lowest BCUT2D eigenvalue weighted by atomic mass is 9.85. The van der Waals surface area contributed by atoms with Crippen LogP contribution >= 0.6 is 0 Å². The van der Waals surface area contributed by atoms with Crippen LogP contribution in [-0.2, 0) is 9.59 Å². The van der Waals surface area contributed by atoms with Crippen LogP contribution in [0.2, 0.25) is 0 Å². The van der Waals surface area contributed by atoms with Gasteiger partial charge in [-0.2, -0.15) is 5.26 Å². The number of halogens is 1. The zero-order valence-corrected chi connectivity index (χ0v) is 22.9. The van der Waals surface area contributed by atoms with Crippen molar-refractivity contribution in [2.45, 2.75) is 45.2 Å². The lowest BCUT2D eigenvalue weighted by Gasteiger charge is -2.43. The Morgan fingerprint density at radius 3 is 2.38 bits per heavy atom. The fourth-order valence-electron chi connectivity index (χ4n) is 5.27. The van der Waals surface area contributed by atoms with Gasteiger partial charge in [0.1, 0.15) is 29.2 Å². The Morgan fingerprint density at radius 2 is 1.77 bits per heavy atom. The van der Waals surface area contributed by atoms with Gasteiger partial charge < -0.3 is 15.0 Å². The van der Waals surface area contributed by atoms with E-state index in [1.54, 1.807) is 56.0 Å². The Balaban J connectivity index is 1.51. The predicted molar refractivity (Wildman–Crippen MR) is 144 cm³/mol. The van der Waals surface area contributed by atoms with Crippen LogP contribution in [0.5, 0.6) is 5.75 Å². The Hall–Kier alpha value is -4.46. The van der Waals surface area contributed by atoms with E-state index in [1.807, 2.05) is 6.07 Å². The summed E-state index contributed by atoms with van der Waals surface area (Å²) in [6.07, 6.45) is 0.400. The van der Waals surface area contributed by atoms with Gasteiger partial charge in [0.15, 0.2) is 6.61 Å². The highest BCUT2D eigenvalue weighted by Crippen LogP contribution is 2.40. The summed E-state index contributed by atoms with van der Waals surface area (Å²) in [6, 6.07) is 11.3. The first-order chi connectivity index (χ1) is 19.0. The fraction of sp³-hybridized carbons (Fsp3) is 0.414. The van der Waals surface area contributed by atoms with Crippen LogP contribution in [0.4, 0.5) is 14.9 Å². The molecular formula is C29H32FN5O5. The number of piperidine rings is 1. The quantitative estimate of drug-likeness (QED) is 0.529. The maximum atomic E-state index is 14.3. The zero-order valence-electron chi connectivity index (χ0n) is 22.9. The second-order valence-corrected chi connectivity index (χ2v) is 10.5. The molecule has 1 atom stereocenters. The van der Waals surface area contributed by atoms with E-state index in [-0.39, 0.29) is 55.8 Å². The third-order valence-corrected chi connectivity index (χ3v) is 7.50. The first-order valence-electron chi connectivity index (χ1n) is 13.1. The molecule has 210 valence electrons. The summed E-state index contributed by atoms with van der Waals surface area (Å²) in [7, 11) is 1.43. The number of hydrogen-bond acceptors (Lipinski definition) is 6. The summed E-state index contributed by atoms with van der Waals surface area (Å²) < 4.78 is 19.6. The largest absolute Gasteiger partial charge is 0.479 e. The van der Waals surface area contributed by atoms with Gasteiger partial charge in [0.05, 0.1) is 5.56 Å². The van der Waals surface area contributed by atoms with Crippen LogP contribution < -0.4 is 15.0 Å². The monoisotopic (exact) mass is 549 g/mol. The van der Waals surface area contributed by atoms with E-state index < -0.39 is 29.3 Å². The van der Waals surface area contributed by atoms with E-state index >= 15 is 0 Å². The molecule has 0 saturated carbocycles. The number of ether oxygens (including phenoxy) is 1. The Bertz CT molecular complexity index is 1360. The summed E-state index contributed by atoms with van der Waals surface area (Å²) in [4.78, 5) is 57.1.